The van der Waals surface area contributed by atoms with Crippen LogP contribution in [0.5, 0.6) is 0 Å². The van der Waals surface area contributed by atoms with Crippen molar-refractivity contribution >= 4 is 23.1 Å². The van der Waals surface area contributed by atoms with Crippen molar-refractivity contribution in [1.29, 1.82) is 0 Å². The maximum atomic E-state index is 12.2. The highest BCUT2D eigenvalue weighted by Crippen LogP contribution is 2.68. The number of Topliss-reactive ketones (excluding diaryl/α,β-unsaturated/α-hetero) is 3. The lowest BCUT2D eigenvalue weighted by molar-refractivity contribution is -0.143. The molecule has 0 bridgehead atoms. The van der Waals surface area contributed by atoms with E-state index >= 15 is 0 Å². The van der Waals surface area contributed by atoms with Gasteiger partial charge in [0.05, 0.1) is 0 Å². The van der Waals surface area contributed by atoms with Crippen LogP contribution in [0.4, 0.5) is 0 Å². The van der Waals surface area contributed by atoms with Crippen molar-refractivity contribution in [3.63, 3.8) is 0 Å². The maximum Gasteiger partial charge on any atom is 0.155 e. The van der Waals surface area contributed by atoms with Crippen LogP contribution in [0.25, 0.3) is 0 Å². The molecular weight excluding hydrogens is 568 g/mol. The van der Waals surface area contributed by atoms with E-state index in [9.17, 15) is 19.2 Å². The molecule has 0 heterocycles. The molecule has 0 spiro atoms. The lowest BCUT2D eigenvalue weighted by Crippen LogP contribution is -2.53. The van der Waals surface area contributed by atoms with Crippen LogP contribution in [0.15, 0.2) is 11.6 Å². The second-order valence-corrected chi connectivity index (χ2v) is 18.9. The summed E-state index contributed by atoms with van der Waals surface area (Å²) in [5.41, 5.74) is 2.61. The molecule has 7 saturated carbocycles. The molecule has 7 fully saturated rings. The van der Waals surface area contributed by atoms with Crippen LogP contribution in [0.2, 0.25) is 0 Å². The summed E-state index contributed by atoms with van der Waals surface area (Å²) in [6.07, 6.45) is 21.2. The first-order chi connectivity index (χ1) is 21.7. The molecule has 1 unspecified atom stereocenters. The molecule has 0 aromatic rings. The van der Waals surface area contributed by atoms with Gasteiger partial charge in [0, 0.05) is 31.1 Å². The minimum absolute atomic E-state index is 0.245. The summed E-state index contributed by atoms with van der Waals surface area (Å²) in [7, 11) is 0. The van der Waals surface area contributed by atoms with Gasteiger partial charge < -0.3 is 0 Å². The Labute approximate surface area is 279 Å². The van der Waals surface area contributed by atoms with Gasteiger partial charge in [-0.2, -0.15) is 0 Å². The molecule has 8 rings (SSSR count). The van der Waals surface area contributed by atoms with E-state index in [0.717, 1.165) is 86.9 Å². The molecule has 0 N–H and O–H groups in total. The van der Waals surface area contributed by atoms with Gasteiger partial charge in [-0.15, -0.1) is 0 Å². The van der Waals surface area contributed by atoms with Crippen LogP contribution in [0.3, 0.4) is 0 Å². The maximum absolute atomic E-state index is 12.2. The number of hydrogen-bond donors (Lipinski definition) is 0. The molecule has 46 heavy (non-hydrogen) atoms. The van der Waals surface area contributed by atoms with Crippen molar-refractivity contribution in [2.45, 2.75) is 151 Å². The minimum Gasteiger partial charge on any atom is -0.300 e. The first-order valence-electron chi connectivity index (χ1n) is 19.5. The van der Waals surface area contributed by atoms with Gasteiger partial charge in [-0.05, 0) is 173 Å². The standard InChI is InChI=1S/C21H32O2.C21H30O2/c2*1-13(22)17-6-7-18-16-5-4-14-12-15(23)8-10-20(14,2)19(16)9-11-21(17,18)3/h14,16-19H,4-12H2,1-3H3;12,16-19H,4-11H2,1-3H3/t14?,16-,17+,18-,19-,20-,21+;16-,17+,18-,19-,20-,21+/m00/s1. The summed E-state index contributed by atoms with van der Waals surface area (Å²) < 4.78 is 0. The van der Waals surface area contributed by atoms with Gasteiger partial charge >= 0.3 is 0 Å². The Balaban J connectivity index is 0.000000147. The molecule has 13 atom stereocenters. The quantitative estimate of drug-likeness (QED) is 0.305. The van der Waals surface area contributed by atoms with Gasteiger partial charge in [0.1, 0.15) is 17.3 Å². The fourth-order valence-corrected chi connectivity index (χ4v) is 14.9. The number of carbonyl (C=O) groups is 4. The van der Waals surface area contributed by atoms with Gasteiger partial charge in [0.15, 0.2) is 5.78 Å². The van der Waals surface area contributed by atoms with Crippen molar-refractivity contribution in [3.05, 3.63) is 11.6 Å². The molecule has 0 aromatic carbocycles. The third kappa shape index (κ3) is 4.86. The van der Waals surface area contributed by atoms with E-state index in [2.05, 4.69) is 27.7 Å². The summed E-state index contributed by atoms with van der Waals surface area (Å²) in [5, 5.41) is 0. The lowest BCUT2D eigenvalue weighted by Gasteiger charge is -2.60. The second kappa shape index (κ2) is 11.5. The van der Waals surface area contributed by atoms with E-state index in [0.29, 0.717) is 46.3 Å². The highest BCUT2D eigenvalue weighted by molar-refractivity contribution is 5.91. The molecule has 0 saturated heterocycles. The zero-order valence-corrected chi connectivity index (χ0v) is 29.9. The van der Waals surface area contributed by atoms with Crippen LogP contribution in [0, 0.1) is 74.9 Å². The third-order valence-corrected chi connectivity index (χ3v) is 17.4. The Morgan fingerprint density at radius 3 is 1.76 bits per heavy atom. The van der Waals surface area contributed by atoms with Crippen molar-refractivity contribution < 1.29 is 19.2 Å². The number of ketones is 4. The molecule has 254 valence electrons. The largest absolute Gasteiger partial charge is 0.300 e. The SMILES string of the molecule is CC(=O)[C@H]1CC[C@H]2[C@@H]3CCC4=CC(=O)CC[C@]4(C)[C@H]3CC[C@]12C.CC(=O)[C@H]1CC[C@H]2[C@@H]3CCC4CC(=O)CC[C@]4(C)[C@H]3CC[C@]12C. The molecule has 8 aliphatic carbocycles. The second-order valence-electron chi connectivity index (χ2n) is 18.9. The zero-order valence-electron chi connectivity index (χ0n) is 29.9. The molecule has 4 nitrogen and oxygen atoms in total. The van der Waals surface area contributed by atoms with E-state index < -0.39 is 0 Å². The fourth-order valence-electron chi connectivity index (χ4n) is 14.9. The normalized spacial score (nSPS) is 50.7. The summed E-state index contributed by atoms with van der Waals surface area (Å²) in [6, 6.07) is 0. The van der Waals surface area contributed by atoms with E-state index in [1.165, 1.54) is 63.4 Å². The molecular formula is C42H62O4. The van der Waals surface area contributed by atoms with E-state index in [-0.39, 0.29) is 16.2 Å². The fraction of sp³-hybridized carbons (Fsp3) is 0.857. The average Bonchev–Trinajstić information content (AvgIpc) is 3.55. The van der Waals surface area contributed by atoms with Crippen LogP contribution >= 0.6 is 0 Å². The number of fused-ring (bicyclic) bond motifs is 10. The van der Waals surface area contributed by atoms with E-state index in [1.54, 1.807) is 6.92 Å². The summed E-state index contributed by atoms with van der Waals surface area (Å²) in [6.45, 7) is 13.4. The van der Waals surface area contributed by atoms with Crippen molar-refractivity contribution in [2.24, 2.45) is 74.9 Å². The third-order valence-electron chi connectivity index (χ3n) is 17.4. The Hall–Kier alpha value is -1.58. The average molecular weight is 631 g/mol. The Morgan fingerprint density at radius 2 is 1.15 bits per heavy atom. The van der Waals surface area contributed by atoms with Gasteiger partial charge in [0.2, 0.25) is 0 Å². The van der Waals surface area contributed by atoms with Gasteiger partial charge in [-0.1, -0.05) is 33.3 Å². The number of allylic oxidation sites excluding steroid dienone is 1. The van der Waals surface area contributed by atoms with Crippen LogP contribution in [0.1, 0.15) is 151 Å². The highest BCUT2D eigenvalue weighted by atomic mass is 16.1. The van der Waals surface area contributed by atoms with E-state index in [1.807, 2.05) is 13.0 Å². The highest BCUT2D eigenvalue weighted by Gasteiger charge is 2.62. The molecule has 0 amide bonds. The predicted octanol–water partition coefficient (Wildman–Crippen LogP) is 9.53. The molecule has 0 radical (unpaired) electrons. The van der Waals surface area contributed by atoms with Crippen LogP contribution in [-0.2, 0) is 19.2 Å². The molecule has 8 aliphatic rings. The molecule has 0 aliphatic heterocycles. The zero-order chi connectivity index (χ0) is 32.8. The first kappa shape index (κ1) is 32.9. The van der Waals surface area contributed by atoms with Gasteiger partial charge in [0.25, 0.3) is 0 Å². The van der Waals surface area contributed by atoms with Crippen LogP contribution in [-0.4, -0.2) is 23.1 Å². The van der Waals surface area contributed by atoms with E-state index in [4.69, 9.17) is 0 Å². The number of carbonyl (C=O) groups excluding carboxylic acids is 4. The van der Waals surface area contributed by atoms with Gasteiger partial charge in [-0.25, -0.2) is 0 Å². The summed E-state index contributed by atoms with van der Waals surface area (Å²) in [5.74, 6) is 7.54. The van der Waals surface area contributed by atoms with Gasteiger partial charge in [-0.3, -0.25) is 19.2 Å². The monoisotopic (exact) mass is 630 g/mol. The number of hydrogen-bond acceptors (Lipinski definition) is 4. The van der Waals surface area contributed by atoms with Crippen molar-refractivity contribution in [3.8, 4) is 0 Å². The summed E-state index contributed by atoms with van der Waals surface area (Å²) >= 11 is 0. The smallest absolute Gasteiger partial charge is 0.155 e. The Bertz CT molecular complexity index is 1330. The minimum atomic E-state index is 0.245. The molecule has 4 heteroatoms. The van der Waals surface area contributed by atoms with Crippen molar-refractivity contribution in [2.75, 3.05) is 0 Å². The summed E-state index contributed by atoms with van der Waals surface area (Å²) in [4.78, 5) is 48.1. The molecule has 0 aromatic heterocycles. The predicted molar refractivity (Wildman–Crippen MR) is 182 cm³/mol. The van der Waals surface area contributed by atoms with Crippen molar-refractivity contribution in [1.82, 2.24) is 0 Å². The first-order valence-corrected chi connectivity index (χ1v) is 19.5. The Morgan fingerprint density at radius 1 is 0.587 bits per heavy atom. The Kier molecular flexibility index (Phi) is 8.24. The van der Waals surface area contributed by atoms with Crippen LogP contribution < -0.4 is 0 Å². The number of rotatable bonds is 2. The topological polar surface area (TPSA) is 68.3 Å². The lowest BCUT2D eigenvalue weighted by atomic mass is 9.44.